The normalized spacial score (nSPS) is 18.8. The van der Waals surface area contributed by atoms with Crippen molar-refractivity contribution in [1.29, 1.82) is 0 Å². The molecule has 0 unspecified atom stereocenters. The van der Waals surface area contributed by atoms with Crippen molar-refractivity contribution in [1.82, 2.24) is 0 Å². The van der Waals surface area contributed by atoms with Crippen molar-refractivity contribution < 1.29 is 4.74 Å². The van der Waals surface area contributed by atoms with E-state index in [9.17, 15) is 0 Å². The van der Waals surface area contributed by atoms with E-state index in [1.165, 1.54) is 12.8 Å². The average Bonchev–Trinajstić information content (AvgIpc) is 2.69. The van der Waals surface area contributed by atoms with Crippen molar-refractivity contribution in [3.63, 3.8) is 0 Å². The maximum Gasteiger partial charge on any atom is 0.138 e. The second kappa shape index (κ2) is 4.27. The molecule has 2 rings (SSSR count). The van der Waals surface area contributed by atoms with Gasteiger partial charge < -0.3 is 10.5 Å². The van der Waals surface area contributed by atoms with Crippen LogP contribution in [0.25, 0.3) is 0 Å². The number of benzene rings is 1. The Bertz CT molecular complexity index is 397. The Hall–Kier alpha value is -0.730. The van der Waals surface area contributed by atoms with Gasteiger partial charge in [-0.25, -0.2) is 0 Å². The lowest BCUT2D eigenvalue weighted by Gasteiger charge is -2.26. The molecule has 1 aromatic rings. The Morgan fingerprint density at radius 1 is 1.31 bits per heavy atom. The molecule has 0 radical (unpaired) electrons. The fourth-order valence-corrected chi connectivity index (χ4v) is 2.90. The van der Waals surface area contributed by atoms with Gasteiger partial charge >= 0.3 is 0 Å². The minimum absolute atomic E-state index is 0.254. The van der Waals surface area contributed by atoms with E-state index in [1.807, 2.05) is 13.0 Å². The minimum Gasteiger partial charge on any atom is -0.495 e. The molecular weight excluding hydrogens is 222 g/mol. The van der Waals surface area contributed by atoms with Crippen LogP contribution in [0.1, 0.15) is 36.8 Å². The van der Waals surface area contributed by atoms with Gasteiger partial charge in [0.1, 0.15) is 5.75 Å². The third-order valence-corrected chi connectivity index (χ3v) is 3.83. The van der Waals surface area contributed by atoms with Crippen molar-refractivity contribution >= 4 is 11.6 Å². The molecule has 0 spiro atoms. The summed E-state index contributed by atoms with van der Waals surface area (Å²) in [6.07, 6.45) is 4.39. The molecule has 1 aliphatic carbocycles. The molecule has 0 heterocycles. The molecule has 16 heavy (non-hydrogen) atoms. The summed E-state index contributed by atoms with van der Waals surface area (Å²) in [4.78, 5) is 0. The molecule has 0 aromatic heterocycles. The summed E-state index contributed by atoms with van der Waals surface area (Å²) in [5.41, 5.74) is 8.37. The van der Waals surface area contributed by atoms with Crippen LogP contribution in [-0.4, -0.2) is 7.11 Å². The number of aryl methyl sites for hydroxylation is 1. The lowest BCUT2D eigenvalue weighted by atomic mass is 9.88. The second-order valence-electron chi connectivity index (χ2n) is 4.69. The monoisotopic (exact) mass is 239 g/mol. The SMILES string of the molecule is COc1cc(C)cc(C2(N)CCCC2)c1Cl. The first-order chi connectivity index (χ1) is 7.57. The van der Waals surface area contributed by atoms with Crippen molar-refractivity contribution in [2.45, 2.75) is 38.1 Å². The molecule has 1 aromatic carbocycles. The fourth-order valence-electron chi connectivity index (χ4n) is 2.52. The third kappa shape index (κ3) is 1.92. The molecule has 2 N–H and O–H groups in total. The van der Waals surface area contributed by atoms with Crippen LogP contribution in [0.3, 0.4) is 0 Å². The van der Waals surface area contributed by atoms with E-state index in [2.05, 4.69) is 6.07 Å². The van der Waals surface area contributed by atoms with Crippen LogP contribution in [0.2, 0.25) is 5.02 Å². The van der Waals surface area contributed by atoms with Crippen molar-refractivity contribution in [2.75, 3.05) is 7.11 Å². The lowest BCUT2D eigenvalue weighted by Crippen LogP contribution is -2.33. The Morgan fingerprint density at radius 3 is 2.50 bits per heavy atom. The molecular formula is C13H18ClNO. The maximum atomic E-state index is 6.43. The van der Waals surface area contributed by atoms with Crippen LogP contribution in [-0.2, 0) is 5.54 Å². The topological polar surface area (TPSA) is 35.2 Å². The predicted molar refractivity (Wildman–Crippen MR) is 67.1 cm³/mol. The number of ether oxygens (including phenoxy) is 1. The molecule has 0 saturated heterocycles. The number of rotatable bonds is 2. The van der Waals surface area contributed by atoms with E-state index in [0.717, 1.165) is 29.7 Å². The number of halogens is 1. The minimum atomic E-state index is -0.254. The first-order valence-electron chi connectivity index (χ1n) is 5.70. The first kappa shape index (κ1) is 11.7. The third-order valence-electron chi connectivity index (χ3n) is 3.44. The van der Waals surface area contributed by atoms with Crippen LogP contribution in [0.15, 0.2) is 12.1 Å². The van der Waals surface area contributed by atoms with Gasteiger partial charge in [-0.2, -0.15) is 0 Å². The molecule has 88 valence electrons. The van der Waals surface area contributed by atoms with Gasteiger partial charge in [0.25, 0.3) is 0 Å². The molecule has 1 fully saturated rings. The second-order valence-corrected chi connectivity index (χ2v) is 5.07. The largest absolute Gasteiger partial charge is 0.495 e. The Balaban J connectivity index is 2.51. The molecule has 2 nitrogen and oxygen atoms in total. The van der Waals surface area contributed by atoms with Crippen LogP contribution in [0, 0.1) is 6.92 Å². The zero-order chi connectivity index (χ0) is 11.8. The zero-order valence-corrected chi connectivity index (χ0v) is 10.6. The quantitative estimate of drug-likeness (QED) is 0.859. The smallest absolute Gasteiger partial charge is 0.138 e. The molecule has 1 saturated carbocycles. The highest BCUT2D eigenvalue weighted by atomic mass is 35.5. The highest BCUT2D eigenvalue weighted by Gasteiger charge is 2.34. The van der Waals surface area contributed by atoms with Gasteiger partial charge in [-0.3, -0.25) is 0 Å². The van der Waals surface area contributed by atoms with Gasteiger partial charge in [-0.1, -0.05) is 30.5 Å². The number of methoxy groups -OCH3 is 1. The molecule has 0 amide bonds. The van der Waals surface area contributed by atoms with Gasteiger partial charge in [-0.15, -0.1) is 0 Å². The van der Waals surface area contributed by atoms with Crippen LogP contribution >= 0.6 is 11.6 Å². The number of nitrogens with two attached hydrogens (primary N) is 1. The summed E-state index contributed by atoms with van der Waals surface area (Å²) in [5, 5.41) is 0.678. The molecule has 3 heteroatoms. The average molecular weight is 240 g/mol. The van der Waals surface area contributed by atoms with Crippen molar-refractivity contribution in [3.05, 3.63) is 28.3 Å². The van der Waals surface area contributed by atoms with Gasteiger partial charge in [0.05, 0.1) is 12.1 Å². The Kier molecular flexibility index (Phi) is 3.13. The summed E-state index contributed by atoms with van der Waals surface area (Å²) < 4.78 is 5.28. The summed E-state index contributed by atoms with van der Waals surface area (Å²) in [6, 6.07) is 4.04. The van der Waals surface area contributed by atoms with E-state index >= 15 is 0 Å². The van der Waals surface area contributed by atoms with Gasteiger partial charge in [-0.05, 0) is 37.0 Å². The van der Waals surface area contributed by atoms with Crippen LogP contribution in [0.5, 0.6) is 5.75 Å². The first-order valence-corrected chi connectivity index (χ1v) is 6.08. The van der Waals surface area contributed by atoms with Crippen molar-refractivity contribution in [2.24, 2.45) is 5.73 Å². The van der Waals surface area contributed by atoms with Gasteiger partial charge in [0, 0.05) is 5.54 Å². The van der Waals surface area contributed by atoms with E-state index < -0.39 is 0 Å². The Morgan fingerprint density at radius 2 is 1.94 bits per heavy atom. The molecule has 0 atom stereocenters. The number of hydrogen-bond donors (Lipinski definition) is 1. The van der Waals surface area contributed by atoms with Gasteiger partial charge in [0.15, 0.2) is 0 Å². The number of hydrogen-bond acceptors (Lipinski definition) is 2. The zero-order valence-electron chi connectivity index (χ0n) is 9.85. The molecule has 0 bridgehead atoms. The van der Waals surface area contributed by atoms with E-state index in [-0.39, 0.29) is 5.54 Å². The highest BCUT2D eigenvalue weighted by molar-refractivity contribution is 6.33. The van der Waals surface area contributed by atoms with E-state index in [4.69, 9.17) is 22.1 Å². The fraction of sp³-hybridized carbons (Fsp3) is 0.538. The molecule has 1 aliphatic rings. The highest BCUT2D eigenvalue weighted by Crippen LogP contribution is 2.42. The maximum absolute atomic E-state index is 6.43. The van der Waals surface area contributed by atoms with Crippen LogP contribution in [0.4, 0.5) is 0 Å². The van der Waals surface area contributed by atoms with E-state index in [1.54, 1.807) is 7.11 Å². The predicted octanol–water partition coefficient (Wildman–Crippen LogP) is 3.39. The summed E-state index contributed by atoms with van der Waals surface area (Å²) in [7, 11) is 1.64. The van der Waals surface area contributed by atoms with Crippen LogP contribution < -0.4 is 10.5 Å². The van der Waals surface area contributed by atoms with Gasteiger partial charge in [0.2, 0.25) is 0 Å². The summed E-state index contributed by atoms with van der Waals surface area (Å²) >= 11 is 6.35. The Labute approximate surface area is 102 Å². The summed E-state index contributed by atoms with van der Waals surface area (Å²) in [5.74, 6) is 0.730. The van der Waals surface area contributed by atoms with E-state index in [0.29, 0.717) is 5.02 Å². The van der Waals surface area contributed by atoms with Crippen molar-refractivity contribution in [3.8, 4) is 5.75 Å². The lowest BCUT2D eigenvalue weighted by molar-refractivity contribution is 0.408. The standard InChI is InChI=1S/C13H18ClNO/c1-9-7-10(12(14)11(8-9)16-2)13(15)5-3-4-6-13/h7-8H,3-6,15H2,1-2H3. The summed E-state index contributed by atoms with van der Waals surface area (Å²) in [6.45, 7) is 2.04. The molecule has 0 aliphatic heterocycles.